The number of nitrogens with one attached hydrogen (secondary N) is 2. The Bertz CT molecular complexity index is 978. The predicted octanol–water partition coefficient (Wildman–Crippen LogP) is 2.21. The van der Waals surface area contributed by atoms with Crippen LogP contribution >= 0.6 is 0 Å². The van der Waals surface area contributed by atoms with E-state index in [0.29, 0.717) is 36.4 Å². The minimum absolute atomic E-state index is 0.383. The number of aryl methyl sites for hydroxylation is 1. The SMILES string of the molecule is CN=C(NCCc1noc(-c2ccccn2)n1)NC1CCN(c2ccc(C)cn2)CC1. The summed E-state index contributed by atoms with van der Waals surface area (Å²) in [5, 5.41) is 10.9. The summed E-state index contributed by atoms with van der Waals surface area (Å²) in [4.78, 5) is 19.9. The van der Waals surface area contributed by atoms with Gasteiger partial charge < -0.3 is 20.1 Å². The Kier molecular flexibility index (Phi) is 6.71. The number of anilines is 1. The molecule has 4 heterocycles. The molecule has 0 saturated carbocycles. The minimum atomic E-state index is 0.383. The van der Waals surface area contributed by atoms with Gasteiger partial charge in [0.1, 0.15) is 11.5 Å². The van der Waals surface area contributed by atoms with Crippen LogP contribution in [0.5, 0.6) is 0 Å². The summed E-state index contributed by atoms with van der Waals surface area (Å²) in [5.74, 6) is 2.92. The van der Waals surface area contributed by atoms with Gasteiger partial charge in [0.15, 0.2) is 11.8 Å². The summed E-state index contributed by atoms with van der Waals surface area (Å²) in [6, 6.07) is 10.2. The molecule has 9 heteroatoms. The maximum Gasteiger partial charge on any atom is 0.276 e. The Labute approximate surface area is 182 Å². The van der Waals surface area contributed by atoms with Gasteiger partial charge in [-0.15, -0.1) is 0 Å². The second kappa shape index (κ2) is 10.0. The lowest BCUT2D eigenvalue weighted by Crippen LogP contribution is -2.49. The molecule has 4 rings (SSSR count). The fraction of sp³-hybridized carbons (Fsp3) is 0.409. The molecule has 0 aromatic carbocycles. The van der Waals surface area contributed by atoms with Crippen LogP contribution in [0.1, 0.15) is 24.2 Å². The quantitative estimate of drug-likeness (QED) is 0.462. The van der Waals surface area contributed by atoms with E-state index >= 15 is 0 Å². The summed E-state index contributed by atoms with van der Waals surface area (Å²) in [5.41, 5.74) is 1.86. The number of rotatable bonds is 6. The third kappa shape index (κ3) is 5.56. The van der Waals surface area contributed by atoms with Crippen LogP contribution in [0.3, 0.4) is 0 Å². The van der Waals surface area contributed by atoms with Crippen LogP contribution in [0.25, 0.3) is 11.6 Å². The molecule has 9 nitrogen and oxygen atoms in total. The molecule has 162 valence electrons. The molecule has 1 fully saturated rings. The Morgan fingerprint density at radius 2 is 2.06 bits per heavy atom. The van der Waals surface area contributed by atoms with Crippen molar-refractivity contribution in [3.05, 3.63) is 54.1 Å². The van der Waals surface area contributed by atoms with Crippen molar-refractivity contribution in [3.8, 4) is 11.6 Å². The van der Waals surface area contributed by atoms with Crippen molar-refractivity contribution in [2.24, 2.45) is 4.99 Å². The average Bonchev–Trinajstić information content (AvgIpc) is 3.29. The van der Waals surface area contributed by atoms with E-state index in [2.05, 4.69) is 59.7 Å². The van der Waals surface area contributed by atoms with Gasteiger partial charge in [-0.05, 0) is 43.5 Å². The van der Waals surface area contributed by atoms with Gasteiger partial charge in [0.2, 0.25) is 0 Å². The molecule has 31 heavy (non-hydrogen) atoms. The lowest BCUT2D eigenvalue weighted by atomic mass is 10.1. The van der Waals surface area contributed by atoms with Gasteiger partial charge >= 0.3 is 0 Å². The number of guanidine groups is 1. The number of piperidine rings is 1. The molecular formula is C22H28N8O. The summed E-state index contributed by atoms with van der Waals surface area (Å²) in [6.45, 7) is 4.67. The zero-order valence-electron chi connectivity index (χ0n) is 18.0. The fourth-order valence-electron chi connectivity index (χ4n) is 3.53. The molecule has 0 spiro atoms. The van der Waals surface area contributed by atoms with Crippen molar-refractivity contribution < 1.29 is 4.52 Å². The van der Waals surface area contributed by atoms with Crippen LogP contribution < -0.4 is 15.5 Å². The molecule has 1 aliphatic rings. The number of nitrogens with zero attached hydrogens (tertiary/aromatic N) is 6. The Morgan fingerprint density at radius 3 is 2.77 bits per heavy atom. The van der Waals surface area contributed by atoms with Gasteiger partial charge in [0.25, 0.3) is 5.89 Å². The molecule has 0 aliphatic carbocycles. The number of hydrogen-bond donors (Lipinski definition) is 2. The molecule has 0 amide bonds. The molecule has 2 N–H and O–H groups in total. The maximum absolute atomic E-state index is 5.30. The monoisotopic (exact) mass is 420 g/mol. The maximum atomic E-state index is 5.30. The van der Waals surface area contributed by atoms with E-state index in [1.165, 1.54) is 5.56 Å². The third-order valence-electron chi connectivity index (χ3n) is 5.27. The van der Waals surface area contributed by atoms with Crippen molar-refractivity contribution in [1.82, 2.24) is 30.7 Å². The van der Waals surface area contributed by atoms with Crippen LogP contribution in [0.2, 0.25) is 0 Å². The van der Waals surface area contributed by atoms with E-state index in [4.69, 9.17) is 4.52 Å². The summed E-state index contributed by atoms with van der Waals surface area (Å²) in [7, 11) is 1.79. The molecule has 0 bridgehead atoms. The van der Waals surface area contributed by atoms with Crippen LogP contribution in [-0.2, 0) is 6.42 Å². The number of pyridine rings is 2. The Hall–Kier alpha value is -3.49. The van der Waals surface area contributed by atoms with Gasteiger partial charge in [0, 0.05) is 51.5 Å². The number of aliphatic imine (C=N–C) groups is 1. The molecule has 0 unspecified atom stereocenters. The first-order valence-electron chi connectivity index (χ1n) is 10.6. The standard InChI is InChI=1S/C22H28N8O/c1-16-6-7-20(26-15-16)30-13-9-17(10-14-30)27-22(23-2)25-12-8-19-28-21(31-29-19)18-5-3-4-11-24-18/h3-7,11,15,17H,8-10,12-14H2,1-2H3,(H2,23,25,27). The van der Waals surface area contributed by atoms with E-state index in [1.807, 2.05) is 24.4 Å². The second-order valence-electron chi connectivity index (χ2n) is 7.58. The molecular weight excluding hydrogens is 392 g/mol. The van der Waals surface area contributed by atoms with Crippen LogP contribution in [0, 0.1) is 6.92 Å². The number of aromatic nitrogens is 4. The lowest BCUT2D eigenvalue weighted by molar-refractivity contribution is 0.421. The van der Waals surface area contributed by atoms with Crippen molar-refractivity contribution in [2.75, 3.05) is 31.6 Å². The number of hydrogen-bond acceptors (Lipinski definition) is 7. The predicted molar refractivity (Wildman–Crippen MR) is 120 cm³/mol. The van der Waals surface area contributed by atoms with E-state index in [1.54, 1.807) is 13.2 Å². The van der Waals surface area contributed by atoms with Gasteiger partial charge in [-0.3, -0.25) is 9.98 Å². The molecule has 3 aromatic heterocycles. The first-order valence-corrected chi connectivity index (χ1v) is 10.6. The smallest absolute Gasteiger partial charge is 0.276 e. The Morgan fingerprint density at radius 1 is 1.19 bits per heavy atom. The highest BCUT2D eigenvalue weighted by Gasteiger charge is 2.21. The van der Waals surface area contributed by atoms with Crippen LogP contribution in [-0.4, -0.2) is 58.8 Å². The van der Waals surface area contributed by atoms with Crippen molar-refractivity contribution in [2.45, 2.75) is 32.2 Å². The fourth-order valence-corrected chi connectivity index (χ4v) is 3.53. The van der Waals surface area contributed by atoms with Gasteiger partial charge in [-0.1, -0.05) is 17.3 Å². The van der Waals surface area contributed by atoms with Gasteiger partial charge in [0.05, 0.1) is 0 Å². The molecule has 0 atom stereocenters. The van der Waals surface area contributed by atoms with Gasteiger partial charge in [-0.2, -0.15) is 4.98 Å². The second-order valence-corrected chi connectivity index (χ2v) is 7.58. The first-order chi connectivity index (χ1) is 15.2. The summed E-state index contributed by atoms with van der Waals surface area (Å²) in [6.07, 6.45) is 6.34. The van der Waals surface area contributed by atoms with Crippen molar-refractivity contribution in [3.63, 3.8) is 0 Å². The third-order valence-corrected chi connectivity index (χ3v) is 5.27. The summed E-state index contributed by atoms with van der Waals surface area (Å²) < 4.78 is 5.30. The van der Waals surface area contributed by atoms with E-state index < -0.39 is 0 Å². The Balaban J connectivity index is 1.21. The highest BCUT2D eigenvalue weighted by atomic mass is 16.5. The topological polar surface area (TPSA) is 104 Å². The first kappa shape index (κ1) is 20.8. The van der Waals surface area contributed by atoms with E-state index in [0.717, 1.165) is 37.7 Å². The van der Waals surface area contributed by atoms with E-state index in [-0.39, 0.29) is 0 Å². The zero-order valence-corrected chi connectivity index (χ0v) is 18.0. The highest BCUT2D eigenvalue weighted by molar-refractivity contribution is 5.80. The normalized spacial score (nSPS) is 15.2. The molecule has 1 saturated heterocycles. The van der Waals surface area contributed by atoms with Gasteiger partial charge in [-0.25, -0.2) is 4.98 Å². The molecule has 1 aliphatic heterocycles. The van der Waals surface area contributed by atoms with Crippen molar-refractivity contribution in [1.29, 1.82) is 0 Å². The zero-order chi connectivity index (χ0) is 21.5. The van der Waals surface area contributed by atoms with Crippen LogP contribution in [0.15, 0.2) is 52.2 Å². The minimum Gasteiger partial charge on any atom is -0.356 e. The molecule has 3 aromatic rings. The average molecular weight is 421 g/mol. The highest BCUT2D eigenvalue weighted by Crippen LogP contribution is 2.18. The lowest BCUT2D eigenvalue weighted by Gasteiger charge is -2.33. The largest absolute Gasteiger partial charge is 0.356 e. The summed E-state index contributed by atoms with van der Waals surface area (Å²) >= 11 is 0. The van der Waals surface area contributed by atoms with E-state index in [9.17, 15) is 0 Å². The molecule has 0 radical (unpaired) electrons. The van der Waals surface area contributed by atoms with Crippen molar-refractivity contribution >= 4 is 11.8 Å². The van der Waals surface area contributed by atoms with Crippen LogP contribution in [0.4, 0.5) is 5.82 Å².